The summed E-state index contributed by atoms with van der Waals surface area (Å²) in [6.07, 6.45) is 6.32. The van der Waals surface area contributed by atoms with Crippen LogP contribution in [0, 0.1) is 0 Å². The Hall–Kier alpha value is -0.130. The maximum absolute atomic E-state index is 12.8. The van der Waals surface area contributed by atoms with Crippen LogP contribution in [0.1, 0.15) is 66.2 Å². The first-order valence-corrected chi connectivity index (χ1v) is 8.88. The van der Waals surface area contributed by atoms with Gasteiger partial charge >= 0.3 is 0 Å². The zero-order valence-electron chi connectivity index (χ0n) is 12.9. The number of hydrogen-bond acceptors (Lipinski definition) is 3. The van der Waals surface area contributed by atoms with Gasteiger partial charge in [0.25, 0.3) is 0 Å². The van der Waals surface area contributed by atoms with Crippen molar-refractivity contribution in [3.05, 3.63) is 0 Å². The van der Waals surface area contributed by atoms with Gasteiger partial charge < -0.3 is 5.73 Å². The maximum atomic E-state index is 12.8. The average molecular weight is 290 g/mol. The number of nitrogens with zero attached hydrogens (tertiary/aromatic N) is 1. The zero-order valence-corrected chi connectivity index (χ0v) is 13.7. The Labute approximate surface area is 118 Å². The van der Waals surface area contributed by atoms with E-state index in [0.717, 1.165) is 25.7 Å². The van der Waals surface area contributed by atoms with Gasteiger partial charge in [-0.15, -0.1) is 0 Å². The van der Waals surface area contributed by atoms with E-state index in [9.17, 15) is 8.42 Å². The maximum Gasteiger partial charge on any atom is 0.219 e. The molecule has 0 aromatic carbocycles. The molecule has 1 aliphatic carbocycles. The quantitative estimate of drug-likeness (QED) is 0.809. The molecule has 2 N–H and O–H groups in total. The molecule has 4 nitrogen and oxygen atoms in total. The molecule has 0 amide bonds. The van der Waals surface area contributed by atoms with Crippen molar-refractivity contribution in [3.63, 3.8) is 0 Å². The lowest BCUT2D eigenvalue weighted by Crippen LogP contribution is -2.59. The Kier molecular flexibility index (Phi) is 5.43. The topological polar surface area (TPSA) is 63.4 Å². The highest BCUT2D eigenvalue weighted by Crippen LogP contribution is 2.36. The van der Waals surface area contributed by atoms with E-state index in [0.29, 0.717) is 13.1 Å². The summed E-state index contributed by atoms with van der Waals surface area (Å²) in [5, 5.41) is 0. The third-order valence-corrected chi connectivity index (χ3v) is 7.07. The molecule has 19 heavy (non-hydrogen) atoms. The molecule has 114 valence electrons. The molecule has 1 aliphatic rings. The van der Waals surface area contributed by atoms with Crippen molar-refractivity contribution in [1.82, 2.24) is 4.31 Å². The predicted molar refractivity (Wildman–Crippen MR) is 80.5 cm³/mol. The summed E-state index contributed by atoms with van der Waals surface area (Å²) in [6, 6.07) is 0. The third-order valence-electron chi connectivity index (χ3n) is 4.29. The second kappa shape index (κ2) is 6.10. The van der Waals surface area contributed by atoms with E-state index in [-0.39, 0.29) is 5.54 Å². The minimum absolute atomic E-state index is 0.364. The van der Waals surface area contributed by atoms with Gasteiger partial charge in [0.2, 0.25) is 10.0 Å². The van der Waals surface area contributed by atoms with Gasteiger partial charge in [-0.2, -0.15) is 4.31 Å². The van der Waals surface area contributed by atoms with E-state index >= 15 is 0 Å². The third kappa shape index (κ3) is 3.31. The molecule has 0 radical (unpaired) electrons. The largest absolute Gasteiger partial charge is 0.329 e. The predicted octanol–water partition coefficient (Wildman–Crippen LogP) is 2.49. The number of nitrogens with two attached hydrogens (primary N) is 1. The van der Waals surface area contributed by atoms with Crippen LogP contribution in [-0.2, 0) is 10.0 Å². The van der Waals surface area contributed by atoms with Crippen LogP contribution >= 0.6 is 0 Å². The summed E-state index contributed by atoms with van der Waals surface area (Å²) in [4.78, 5) is 0. The van der Waals surface area contributed by atoms with Crippen molar-refractivity contribution < 1.29 is 8.42 Å². The van der Waals surface area contributed by atoms with Crippen LogP contribution in [0.5, 0.6) is 0 Å². The average Bonchev–Trinajstić information content (AvgIpc) is 2.54. The first-order chi connectivity index (χ1) is 8.71. The highest BCUT2D eigenvalue weighted by Gasteiger charge is 2.46. The van der Waals surface area contributed by atoms with Gasteiger partial charge in [-0.1, -0.05) is 32.6 Å². The summed E-state index contributed by atoms with van der Waals surface area (Å²) >= 11 is 0. The second-order valence-electron chi connectivity index (χ2n) is 6.62. The number of likely N-dealkylation sites (N-methyl/N-ethyl adjacent to an activating group) is 1. The van der Waals surface area contributed by atoms with Crippen molar-refractivity contribution in [2.45, 2.75) is 76.5 Å². The lowest BCUT2D eigenvalue weighted by atomic mass is 9.90. The van der Waals surface area contributed by atoms with Crippen LogP contribution in [0.4, 0.5) is 0 Å². The Morgan fingerprint density at radius 3 is 1.89 bits per heavy atom. The van der Waals surface area contributed by atoms with Crippen molar-refractivity contribution >= 4 is 10.0 Å². The van der Waals surface area contributed by atoms with Crippen LogP contribution < -0.4 is 5.73 Å². The summed E-state index contributed by atoms with van der Waals surface area (Å²) in [6.45, 7) is 8.17. The molecule has 0 aromatic rings. The fraction of sp³-hybridized carbons (Fsp3) is 1.00. The van der Waals surface area contributed by atoms with Crippen molar-refractivity contribution in [2.24, 2.45) is 5.73 Å². The molecule has 0 unspecified atom stereocenters. The second-order valence-corrected chi connectivity index (χ2v) is 9.24. The van der Waals surface area contributed by atoms with E-state index < -0.39 is 14.8 Å². The molecule has 0 atom stereocenters. The normalized spacial score (nSPS) is 21.4. The SMILES string of the molecule is CCN(C1(CN)CCCCCC1)S(=O)(=O)C(C)(C)C. The minimum Gasteiger partial charge on any atom is -0.329 e. The summed E-state index contributed by atoms with van der Waals surface area (Å²) in [5.41, 5.74) is 5.65. The van der Waals surface area contributed by atoms with Crippen LogP contribution in [0.3, 0.4) is 0 Å². The molecule has 0 aliphatic heterocycles. The fourth-order valence-electron chi connectivity index (χ4n) is 3.03. The lowest BCUT2D eigenvalue weighted by Gasteiger charge is -2.44. The Balaban J connectivity index is 3.18. The molecule has 5 heteroatoms. The van der Waals surface area contributed by atoms with Gasteiger partial charge in [-0.25, -0.2) is 8.42 Å². The summed E-state index contributed by atoms with van der Waals surface area (Å²) in [7, 11) is -3.32. The molecule has 0 saturated heterocycles. The standard InChI is InChI=1S/C14H30N2O2S/c1-5-16(19(17,18)13(2,3)4)14(12-15)10-8-6-7-9-11-14/h5-12,15H2,1-4H3. The van der Waals surface area contributed by atoms with Crippen molar-refractivity contribution in [2.75, 3.05) is 13.1 Å². The molecule has 0 heterocycles. The molecule has 0 spiro atoms. The number of sulfonamides is 1. The van der Waals surface area contributed by atoms with Gasteiger partial charge in [0.15, 0.2) is 0 Å². The van der Waals surface area contributed by atoms with Crippen LogP contribution in [0.15, 0.2) is 0 Å². The van der Waals surface area contributed by atoms with Gasteiger partial charge in [0.05, 0.1) is 4.75 Å². The van der Waals surface area contributed by atoms with Gasteiger partial charge in [0.1, 0.15) is 0 Å². The molecule has 0 bridgehead atoms. The molecule has 1 rings (SSSR count). The number of hydrogen-bond donors (Lipinski definition) is 1. The Morgan fingerprint density at radius 2 is 1.58 bits per heavy atom. The molecule has 0 aromatic heterocycles. The first kappa shape index (κ1) is 16.9. The first-order valence-electron chi connectivity index (χ1n) is 7.44. The van der Waals surface area contributed by atoms with Crippen LogP contribution in [0.2, 0.25) is 0 Å². The molecule has 1 fully saturated rings. The van der Waals surface area contributed by atoms with Gasteiger partial charge in [-0.3, -0.25) is 0 Å². The lowest BCUT2D eigenvalue weighted by molar-refractivity contribution is 0.170. The van der Waals surface area contributed by atoms with E-state index in [4.69, 9.17) is 5.73 Å². The highest BCUT2D eigenvalue weighted by molar-refractivity contribution is 7.90. The number of rotatable bonds is 4. The van der Waals surface area contributed by atoms with Crippen molar-refractivity contribution in [1.29, 1.82) is 0 Å². The fourth-order valence-corrected chi connectivity index (χ4v) is 4.80. The summed E-state index contributed by atoms with van der Waals surface area (Å²) in [5.74, 6) is 0. The van der Waals surface area contributed by atoms with Crippen LogP contribution in [-0.4, -0.2) is 36.1 Å². The van der Waals surface area contributed by atoms with Gasteiger partial charge in [0, 0.05) is 18.6 Å². The molecular weight excluding hydrogens is 260 g/mol. The Bertz CT molecular complexity index is 377. The van der Waals surface area contributed by atoms with E-state index in [1.807, 2.05) is 6.92 Å². The van der Waals surface area contributed by atoms with Gasteiger partial charge in [-0.05, 0) is 33.6 Å². The van der Waals surface area contributed by atoms with E-state index in [1.165, 1.54) is 12.8 Å². The molecule has 1 saturated carbocycles. The smallest absolute Gasteiger partial charge is 0.219 e. The van der Waals surface area contributed by atoms with E-state index in [1.54, 1.807) is 25.1 Å². The monoisotopic (exact) mass is 290 g/mol. The molecular formula is C14H30N2O2S. The van der Waals surface area contributed by atoms with Crippen LogP contribution in [0.25, 0.3) is 0 Å². The highest BCUT2D eigenvalue weighted by atomic mass is 32.2. The van der Waals surface area contributed by atoms with E-state index in [2.05, 4.69) is 0 Å². The zero-order chi connectivity index (χ0) is 14.7. The minimum atomic E-state index is -3.32. The van der Waals surface area contributed by atoms with Crippen molar-refractivity contribution in [3.8, 4) is 0 Å². The summed E-state index contributed by atoms with van der Waals surface area (Å²) < 4.78 is 26.6. The Morgan fingerprint density at radius 1 is 1.11 bits per heavy atom.